The highest BCUT2D eigenvalue weighted by Crippen LogP contribution is 2.34. The van der Waals surface area contributed by atoms with Crippen molar-refractivity contribution in [3.8, 4) is 5.69 Å². The molecule has 0 aliphatic heterocycles. The summed E-state index contributed by atoms with van der Waals surface area (Å²) >= 11 is 2.42. The number of thioether (sulfide) groups is 2. The highest BCUT2D eigenvalue weighted by molar-refractivity contribution is 8.00. The van der Waals surface area contributed by atoms with Crippen LogP contribution in [0.1, 0.15) is 43.0 Å². The van der Waals surface area contributed by atoms with E-state index >= 15 is 0 Å². The smallest absolute Gasteiger partial charge is 0.416 e. The van der Waals surface area contributed by atoms with Gasteiger partial charge in [-0.2, -0.15) is 13.2 Å². The number of alkyl halides is 3. The Kier molecular flexibility index (Phi) is 8.58. The van der Waals surface area contributed by atoms with Gasteiger partial charge in [0, 0.05) is 11.4 Å². The Bertz CT molecular complexity index is 1130. The van der Waals surface area contributed by atoms with Crippen molar-refractivity contribution < 1.29 is 22.7 Å². The van der Waals surface area contributed by atoms with Crippen LogP contribution >= 0.6 is 23.5 Å². The second kappa shape index (κ2) is 11.2. The molecule has 0 bridgehead atoms. The van der Waals surface area contributed by atoms with Crippen LogP contribution in [-0.4, -0.2) is 42.6 Å². The van der Waals surface area contributed by atoms with Gasteiger partial charge in [-0.25, -0.2) is 9.97 Å². The highest BCUT2D eigenvalue weighted by atomic mass is 32.2. The molecule has 12 heteroatoms. The van der Waals surface area contributed by atoms with Gasteiger partial charge in [-0.15, -0.1) is 10.2 Å². The number of esters is 1. The van der Waals surface area contributed by atoms with Crippen LogP contribution in [-0.2, 0) is 21.5 Å². The molecule has 2 heterocycles. The molecule has 0 radical (unpaired) electrons. The first-order chi connectivity index (χ1) is 16.1. The van der Waals surface area contributed by atoms with Crippen molar-refractivity contribution in [3.63, 3.8) is 0 Å². The normalized spacial score (nSPS) is 12.6. The molecule has 1 atom stereocenters. The van der Waals surface area contributed by atoms with Crippen LogP contribution in [0.3, 0.4) is 0 Å². The maximum atomic E-state index is 13.4. The van der Waals surface area contributed by atoms with E-state index in [4.69, 9.17) is 4.74 Å². The minimum atomic E-state index is -4.50. The molecular weight excluding hydrogens is 487 g/mol. The van der Waals surface area contributed by atoms with Crippen molar-refractivity contribution >= 4 is 29.5 Å². The molecule has 7 nitrogen and oxygen atoms in total. The molecule has 1 aromatic carbocycles. The molecule has 0 aliphatic rings. The fraction of sp³-hybridized carbons (Fsp3) is 0.409. The number of nitrogens with zero attached hydrogens (tertiary/aromatic N) is 5. The average molecular weight is 512 g/mol. The zero-order valence-electron chi connectivity index (χ0n) is 19.1. The van der Waals surface area contributed by atoms with E-state index in [0.717, 1.165) is 35.3 Å². The van der Waals surface area contributed by atoms with Crippen LogP contribution in [0.5, 0.6) is 0 Å². The maximum absolute atomic E-state index is 13.4. The number of carbonyl (C=O) groups is 1. The fourth-order valence-corrected chi connectivity index (χ4v) is 4.95. The lowest BCUT2D eigenvalue weighted by molar-refractivity contribution is -0.142. The van der Waals surface area contributed by atoms with Gasteiger partial charge in [0.05, 0.1) is 23.6 Å². The van der Waals surface area contributed by atoms with Gasteiger partial charge in [-0.3, -0.25) is 9.36 Å². The Morgan fingerprint density at radius 1 is 1.12 bits per heavy atom. The van der Waals surface area contributed by atoms with Gasteiger partial charge in [0.25, 0.3) is 0 Å². The number of carbonyl (C=O) groups excluding carboxylic acids is 1. The predicted octanol–water partition coefficient (Wildman–Crippen LogP) is 5.42. The van der Waals surface area contributed by atoms with Crippen molar-refractivity contribution in [3.05, 3.63) is 53.1 Å². The molecule has 3 rings (SSSR count). The summed E-state index contributed by atoms with van der Waals surface area (Å²) in [6, 6.07) is 6.78. The van der Waals surface area contributed by atoms with Gasteiger partial charge < -0.3 is 4.74 Å². The zero-order valence-corrected chi connectivity index (χ0v) is 20.7. The summed E-state index contributed by atoms with van der Waals surface area (Å²) in [6.45, 7) is 7.49. The van der Waals surface area contributed by atoms with Crippen LogP contribution in [0.15, 0.2) is 40.6 Å². The first-order valence-electron chi connectivity index (χ1n) is 10.5. The third-order valence-electron chi connectivity index (χ3n) is 4.59. The number of hydrogen-bond donors (Lipinski definition) is 0. The monoisotopic (exact) mass is 511 g/mol. The standard InChI is InChI=1S/C22H24F3N5O2S2/c1-5-17(19(31)32-6-2)34-21-29-28-18(12-33-20-26-13(3)10-14(4)27-20)30(21)16-9-7-8-15(11-16)22(23,24)25/h7-11,17H,5-6,12H2,1-4H3. The lowest BCUT2D eigenvalue weighted by Gasteiger charge is -2.16. The first kappa shape index (κ1) is 26.0. The fourth-order valence-electron chi connectivity index (χ4n) is 3.10. The summed E-state index contributed by atoms with van der Waals surface area (Å²) in [5.74, 6) is 0.268. The number of rotatable bonds is 9. The van der Waals surface area contributed by atoms with Gasteiger partial charge in [0.2, 0.25) is 0 Å². The Hall–Kier alpha value is -2.60. The molecule has 182 valence electrons. The van der Waals surface area contributed by atoms with Crippen molar-refractivity contribution in [1.82, 2.24) is 24.7 Å². The zero-order chi connectivity index (χ0) is 24.9. The predicted molar refractivity (Wildman–Crippen MR) is 124 cm³/mol. The molecule has 0 amide bonds. The molecule has 0 saturated heterocycles. The molecule has 0 aliphatic carbocycles. The number of aryl methyl sites for hydroxylation is 2. The summed E-state index contributed by atoms with van der Waals surface area (Å²) in [4.78, 5) is 21.1. The molecule has 1 unspecified atom stereocenters. The Labute approximate surface area is 203 Å². The van der Waals surface area contributed by atoms with Crippen LogP contribution in [0.4, 0.5) is 13.2 Å². The van der Waals surface area contributed by atoms with E-state index in [2.05, 4.69) is 20.2 Å². The van der Waals surface area contributed by atoms with E-state index in [1.807, 2.05) is 26.8 Å². The van der Waals surface area contributed by atoms with Gasteiger partial charge >= 0.3 is 12.1 Å². The van der Waals surface area contributed by atoms with Crippen LogP contribution in [0, 0.1) is 13.8 Å². The molecular formula is C22H24F3N5O2S2. The first-order valence-corrected chi connectivity index (χ1v) is 12.4. The largest absolute Gasteiger partial charge is 0.465 e. The molecule has 2 aromatic heterocycles. The second-order valence-corrected chi connectivity index (χ2v) is 9.38. The topological polar surface area (TPSA) is 82.8 Å². The van der Waals surface area contributed by atoms with Crippen molar-refractivity contribution in [2.24, 2.45) is 0 Å². The lowest BCUT2D eigenvalue weighted by atomic mass is 10.2. The van der Waals surface area contributed by atoms with Gasteiger partial charge in [-0.05, 0) is 51.5 Å². The Morgan fingerprint density at radius 3 is 2.44 bits per heavy atom. The summed E-state index contributed by atoms with van der Waals surface area (Å²) in [5, 5.41) is 8.67. The van der Waals surface area contributed by atoms with E-state index in [-0.39, 0.29) is 18.0 Å². The second-order valence-electron chi connectivity index (χ2n) is 7.27. The number of ether oxygens (including phenoxy) is 1. The molecule has 0 spiro atoms. The van der Waals surface area contributed by atoms with Crippen LogP contribution < -0.4 is 0 Å². The quantitative estimate of drug-likeness (QED) is 0.214. The van der Waals surface area contributed by atoms with Gasteiger partial charge in [0.1, 0.15) is 11.1 Å². The minimum Gasteiger partial charge on any atom is -0.465 e. The molecule has 0 N–H and O–H groups in total. The summed E-state index contributed by atoms with van der Waals surface area (Å²) < 4.78 is 46.8. The average Bonchev–Trinajstić information content (AvgIpc) is 3.17. The van der Waals surface area contributed by atoms with E-state index in [0.29, 0.717) is 22.6 Å². The van der Waals surface area contributed by atoms with Gasteiger partial charge in [0.15, 0.2) is 10.3 Å². The summed E-state index contributed by atoms with van der Waals surface area (Å²) in [6.07, 6.45) is -4.05. The third-order valence-corrected chi connectivity index (χ3v) is 6.72. The lowest BCUT2D eigenvalue weighted by Crippen LogP contribution is -2.20. The third kappa shape index (κ3) is 6.50. The maximum Gasteiger partial charge on any atom is 0.416 e. The van der Waals surface area contributed by atoms with E-state index in [1.165, 1.54) is 22.4 Å². The van der Waals surface area contributed by atoms with Crippen molar-refractivity contribution in [2.75, 3.05) is 6.61 Å². The number of aromatic nitrogens is 5. The number of hydrogen-bond acceptors (Lipinski definition) is 8. The van der Waals surface area contributed by atoms with Crippen molar-refractivity contribution in [2.45, 2.75) is 61.6 Å². The number of benzene rings is 1. The molecule has 0 saturated carbocycles. The van der Waals surface area contributed by atoms with Crippen LogP contribution in [0.25, 0.3) is 5.69 Å². The summed E-state index contributed by atoms with van der Waals surface area (Å²) in [7, 11) is 0. The van der Waals surface area contributed by atoms with E-state index in [1.54, 1.807) is 13.0 Å². The summed E-state index contributed by atoms with van der Waals surface area (Å²) in [5.41, 5.74) is 1.08. The minimum absolute atomic E-state index is 0.230. The molecule has 0 fully saturated rings. The number of halogens is 3. The Balaban J connectivity index is 2.00. The van der Waals surface area contributed by atoms with Crippen molar-refractivity contribution in [1.29, 1.82) is 0 Å². The SMILES string of the molecule is CCOC(=O)C(CC)Sc1nnc(CSc2nc(C)cc(C)n2)n1-c1cccc(C(F)(F)F)c1. The Morgan fingerprint density at radius 2 is 1.82 bits per heavy atom. The molecule has 34 heavy (non-hydrogen) atoms. The van der Waals surface area contributed by atoms with Gasteiger partial charge in [-0.1, -0.05) is 36.5 Å². The van der Waals surface area contributed by atoms with Crippen LogP contribution in [0.2, 0.25) is 0 Å². The highest BCUT2D eigenvalue weighted by Gasteiger charge is 2.31. The van der Waals surface area contributed by atoms with E-state index < -0.39 is 23.0 Å². The molecule has 3 aromatic rings. The van der Waals surface area contributed by atoms with E-state index in [9.17, 15) is 18.0 Å².